The van der Waals surface area contributed by atoms with Gasteiger partial charge in [0.25, 0.3) is 5.56 Å². The molecular weight excluding hydrogens is 431 g/mol. The highest BCUT2D eigenvalue weighted by atomic mass is 35.5. The van der Waals surface area contributed by atoms with Gasteiger partial charge in [-0.15, -0.1) is 5.10 Å². The van der Waals surface area contributed by atoms with Crippen molar-refractivity contribution >= 4 is 45.6 Å². The molecule has 0 unspecified atom stereocenters. The van der Waals surface area contributed by atoms with Crippen LogP contribution >= 0.6 is 34.5 Å². The standard InChI is InChI=1S/C20H10Cl2N4O2S/c21-14-5-3-11(8-15(14)22)16-6-4-13(28-16)9-17-19(27)26-20(29-17)24-18(25-26)12-2-1-7-23-10-12/h1-10H/b17-9-. The van der Waals surface area contributed by atoms with Crippen LogP contribution in [0.4, 0.5) is 0 Å². The lowest BCUT2D eigenvalue weighted by Crippen LogP contribution is -2.23. The van der Waals surface area contributed by atoms with E-state index in [9.17, 15) is 4.79 Å². The molecule has 5 rings (SSSR count). The molecule has 1 aromatic carbocycles. The van der Waals surface area contributed by atoms with Crippen molar-refractivity contribution in [3.05, 3.63) is 85.5 Å². The predicted molar refractivity (Wildman–Crippen MR) is 113 cm³/mol. The third-order valence-electron chi connectivity index (χ3n) is 4.21. The average molecular weight is 441 g/mol. The fourth-order valence-corrected chi connectivity index (χ4v) is 4.00. The van der Waals surface area contributed by atoms with E-state index in [1.54, 1.807) is 42.7 Å². The molecule has 4 aromatic heterocycles. The Morgan fingerprint density at radius 3 is 2.72 bits per heavy atom. The SMILES string of the molecule is O=c1/c(=C/c2ccc(-c3ccc(Cl)c(Cl)c3)o2)sc2nc(-c3cccnc3)nn12. The molecule has 0 aliphatic rings. The molecule has 29 heavy (non-hydrogen) atoms. The lowest BCUT2D eigenvalue weighted by atomic mass is 10.2. The van der Waals surface area contributed by atoms with Crippen LogP contribution in [0, 0.1) is 0 Å². The van der Waals surface area contributed by atoms with Gasteiger partial charge >= 0.3 is 0 Å². The zero-order valence-electron chi connectivity index (χ0n) is 14.5. The molecule has 0 atom stereocenters. The molecule has 142 valence electrons. The predicted octanol–water partition coefficient (Wildman–Crippen LogP) is 4.33. The molecule has 0 aliphatic heterocycles. The van der Waals surface area contributed by atoms with Gasteiger partial charge in [-0.1, -0.05) is 34.5 Å². The minimum atomic E-state index is -0.250. The summed E-state index contributed by atoms with van der Waals surface area (Å²) in [4.78, 5) is 21.7. The Kier molecular flexibility index (Phi) is 4.43. The van der Waals surface area contributed by atoms with Crippen molar-refractivity contribution in [2.75, 3.05) is 0 Å². The zero-order chi connectivity index (χ0) is 20.0. The maximum Gasteiger partial charge on any atom is 0.291 e. The zero-order valence-corrected chi connectivity index (χ0v) is 16.9. The van der Waals surface area contributed by atoms with Crippen LogP contribution in [-0.4, -0.2) is 19.6 Å². The van der Waals surface area contributed by atoms with Gasteiger partial charge in [-0.25, -0.2) is 0 Å². The molecule has 0 amide bonds. The van der Waals surface area contributed by atoms with Crippen LogP contribution in [0.15, 0.2) is 64.1 Å². The summed E-state index contributed by atoms with van der Waals surface area (Å²) >= 11 is 13.3. The van der Waals surface area contributed by atoms with Gasteiger partial charge < -0.3 is 4.42 Å². The number of aromatic nitrogens is 4. The Morgan fingerprint density at radius 1 is 1.07 bits per heavy atom. The van der Waals surface area contributed by atoms with Crippen LogP contribution < -0.4 is 10.1 Å². The molecule has 4 heterocycles. The van der Waals surface area contributed by atoms with E-state index in [2.05, 4.69) is 15.1 Å². The second kappa shape index (κ2) is 7.11. The molecule has 5 aromatic rings. The summed E-state index contributed by atoms with van der Waals surface area (Å²) in [5.41, 5.74) is 1.30. The normalized spacial score (nSPS) is 12.1. The summed E-state index contributed by atoms with van der Waals surface area (Å²) in [6.45, 7) is 0. The Bertz CT molecular complexity index is 1460. The van der Waals surface area contributed by atoms with Gasteiger partial charge in [-0.2, -0.15) is 9.50 Å². The van der Waals surface area contributed by atoms with Gasteiger partial charge in [0.15, 0.2) is 5.82 Å². The monoisotopic (exact) mass is 440 g/mol. The number of hydrogen-bond donors (Lipinski definition) is 0. The van der Waals surface area contributed by atoms with Gasteiger partial charge in [0.05, 0.1) is 10.0 Å². The number of halogens is 2. The molecule has 9 heteroatoms. The van der Waals surface area contributed by atoms with E-state index in [-0.39, 0.29) is 5.56 Å². The number of thiazole rings is 1. The summed E-state index contributed by atoms with van der Waals surface area (Å²) in [5, 5.41) is 5.23. The first-order chi connectivity index (χ1) is 14.1. The lowest BCUT2D eigenvalue weighted by molar-refractivity contribution is 0.571. The van der Waals surface area contributed by atoms with Crippen molar-refractivity contribution in [3.8, 4) is 22.7 Å². The number of fused-ring (bicyclic) bond motifs is 1. The molecule has 0 saturated carbocycles. The highest BCUT2D eigenvalue weighted by Crippen LogP contribution is 2.29. The first-order valence-electron chi connectivity index (χ1n) is 8.45. The Hall–Kier alpha value is -3.00. The van der Waals surface area contributed by atoms with E-state index < -0.39 is 0 Å². The maximum atomic E-state index is 12.7. The second-order valence-corrected chi connectivity index (χ2v) is 7.94. The molecule has 0 saturated heterocycles. The third kappa shape index (κ3) is 3.33. The van der Waals surface area contributed by atoms with E-state index in [0.29, 0.717) is 36.9 Å². The molecule has 0 bridgehead atoms. The number of benzene rings is 1. The van der Waals surface area contributed by atoms with Crippen molar-refractivity contribution < 1.29 is 4.42 Å². The first-order valence-corrected chi connectivity index (χ1v) is 10.0. The average Bonchev–Trinajstić information content (AvgIpc) is 3.43. The fraction of sp³-hybridized carbons (Fsp3) is 0. The van der Waals surface area contributed by atoms with Gasteiger partial charge in [-0.05, 0) is 42.5 Å². The van der Waals surface area contributed by atoms with E-state index in [0.717, 1.165) is 11.1 Å². The first kappa shape index (κ1) is 18.1. The van der Waals surface area contributed by atoms with Crippen LogP contribution in [0.5, 0.6) is 0 Å². The Balaban J connectivity index is 1.52. The lowest BCUT2D eigenvalue weighted by Gasteiger charge is -1.99. The highest BCUT2D eigenvalue weighted by Gasteiger charge is 2.13. The van der Waals surface area contributed by atoms with Crippen LogP contribution in [0.2, 0.25) is 10.0 Å². The number of nitrogens with zero attached hydrogens (tertiary/aromatic N) is 4. The summed E-state index contributed by atoms with van der Waals surface area (Å²) in [5.74, 6) is 1.63. The van der Waals surface area contributed by atoms with Crippen molar-refractivity contribution in [3.63, 3.8) is 0 Å². The molecule has 0 fully saturated rings. The summed E-state index contributed by atoms with van der Waals surface area (Å²) in [6.07, 6.45) is 5.00. The smallest absolute Gasteiger partial charge is 0.291 e. The molecule has 6 nitrogen and oxygen atoms in total. The Labute approximate surface area is 177 Å². The van der Waals surface area contributed by atoms with E-state index in [4.69, 9.17) is 27.6 Å². The number of hydrogen-bond acceptors (Lipinski definition) is 6. The van der Waals surface area contributed by atoms with Crippen molar-refractivity contribution in [1.82, 2.24) is 19.6 Å². The molecule has 0 N–H and O–H groups in total. The van der Waals surface area contributed by atoms with Crippen molar-refractivity contribution in [1.29, 1.82) is 0 Å². The van der Waals surface area contributed by atoms with Crippen LogP contribution in [0.25, 0.3) is 33.7 Å². The summed E-state index contributed by atoms with van der Waals surface area (Å²) in [6, 6.07) is 12.5. The summed E-state index contributed by atoms with van der Waals surface area (Å²) in [7, 11) is 0. The van der Waals surface area contributed by atoms with Crippen LogP contribution in [0.1, 0.15) is 5.76 Å². The Morgan fingerprint density at radius 2 is 1.97 bits per heavy atom. The van der Waals surface area contributed by atoms with E-state index in [1.807, 2.05) is 18.2 Å². The summed E-state index contributed by atoms with van der Waals surface area (Å²) < 4.78 is 7.61. The third-order valence-corrected chi connectivity index (χ3v) is 5.90. The van der Waals surface area contributed by atoms with Crippen LogP contribution in [0.3, 0.4) is 0 Å². The largest absolute Gasteiger partial charge is 0.457 e. The van der Waals surface area contributed by atoms with Gasteiger partial charge in [0.1, 0.15) is 16.1 Å². The number of pyridine rings is 1. The van der Waals surface area contributed by atoms with E-state index >= 15 is 0 Å². The molecule has 0 spiro atoms. The second-order valence-electron chi connectivity index (χ2n) is 6.12. The number of rotatable bonds is 3. The molecule has 0 aliphatic carbocycles. The van der Waals surface area contributed by atoms with Crippen molar-refractivity contribution in [2.24, 2.45) is 0 Å². The van der Waals surface area contributed by atoms with Gasteiger partial charge in [0, 0.05) is 29.6 Å². The number of furan rings is 1. The van der Waals surface area contributed by atoms with E-state index in [1.165, 1.54) is 15.9 Å². The quantitative estimate of drug-likeness (QED) is 0.417. The fourth-order valence-electron chi connectivity index (χ4n) is 2.82. The minimum Gasteiger partial charge on any atom is -0.457 e. The highest BCUT2D eigenvalue weighted by molar-refractivity contribution is 7.15. The molecular formula is C20H10Cl2N4O2S. The van der Waals surface area contributed by atoms with Crippen molar-refractivity contribution in [2.45, 2.75) is 0 Å². The van der Waals surface area contributed by atoms with Gasteiger partial charge in [0.2, 0.25) is 4.96 Å². The van der Waals surface area contributed by atoms with Gasteiger partial charge in [-0.3, -0.25) is 9.78 Å². The maximum absolute atomic E-state index is 12.7. The minimum absolute atomic E-state index is 0.250. The topological polar surface area (TPSA) is 73.3 Å². The molecule has 0 radical (unpaired) electrons. The van der Waals surface area contributed by atoms with Crippen LogP contribution in [-0.2, 0) is 0 Å².